The number of piperidine rings is 1. The van der Waals surface area contributed by atoms with Gasteiger partial charge in [0, 0.05) is 5.92 Å². The number of unbranched alkanes of at least 4 members (excludes halogenated alkanes) is 5. The van der Waals surface area contributed by atoms with Crippen LogP contribution in [0.5, 0.6) is 0 Å². The van der Waals surface area contributed by atoms with E-state index in [4.69, 9.17) is 0 Å². The van der Waals surface area contributed by atoms with Gasteiger partial charge in [0.2, 0.25) is 0 Å². The van der Waals surface area contributed by atoms with E-state index in [2.05, 4.69) is 20.0 Å². The second kappa shape index (κ2) is 9.37. The van der Waals surface area contributed by atoms with Crippen molar-refractivity contribution in [2.24, 2.45) is 5.92 Å². The van der Waals surface area contributed by atoms with E-state index in [0.717, 1.165) is 30.0 Å². The second-order valence-corrected chi connectivity index (χ2v) is 6.44. The molecule has 0 radical (unpaired) electrons. The second-order valence-electron chi connectivity index (χ2n) is 6.44. The van der Waals surface area contributed by atoms with Crippen LogP contribution in [0.4, 0.5) is 0 Å². The smallest absolute Gasteiger partial charge is 0.223 e. The van der Waals surface area contributed by atoms with Crippen molar-refractivity contribution in [2.75, 3.05) is 19.6 Å². The van der Waals surface area contributed by atoms with Gasteiger partial charge in [-0.05, 0) is 32.1 Å². The SMILES string of the molecule is CCCCCCC[N+]1(C#N)CCCC(CCCC)C1. The number of nitrogens with zero attached hydrogens (tertiary/aromatic N) is 2. The Morgan fingerprint density at radius 1 is 1.05 bits per heavy atom. The number of likely N-dealkylation sites (tertiary alicyclic amines) is 1. The standard InChI is InChI=1S/C17H33N2/c1-3-5-7-8-9-13-19(16-18)14-10-12-17(15-19)11-6-4-2/h17H,3-15H2,1-2H3/q+1. The fourth-order valence-electron chi connectivity index (χ4n) is 3.45. The molecule has 1 aliphatic rings. The van der Waals surface area contributed by atoms with Gasteiger partial charge < -0.3 is 0 Å². The summed E-state index contributed by atoms with van der Waals surface area (Å²) < 4.78 is 0.751. The average Bonchev–Trinajstić information content (AvgIpc) is 2.45. The summed E-state index contributed by atoms with van der Waals surface area (Å²) in [6.45, 7) is 7.86. The van der Waals surface area contributed by atoms with Crippen molar-refractivity contribution in [3.05, 3.63) is 0 Å². The van der Waals surface area contributed by atoms with Crippen molar-refractivity contribution < 1.29 is 4.48 Å². The molecule has 0 aliphatic carbocycles. The molecule has 0 N–H and O–H groups in total. The van der Waals surface area contributed by atoms with Gasteiger partial charge >= 0.3 is 6.19 Å². The molecule has 0 aromatic heterocycles. The minimum atomic E-state index is 0.751. The van der Waals surface area contributed by atoms with Gasteiger partial charge in [0.25, 0.3) is 0 Å². The highest BCUT2D eigenvalue weighted by molar-refractivity contribution is 4.71. The van der Waals surface area contributed by atoms with Crippen molar-refractivity contribution in [2.45, 2.75) is 78.1 Å². The third kappa shape index (κ3) is 5.95. The molecule has 1 aliphatic heterocycles. The maximum atomic E-state index is 9.61. The van der Waals surface area contributed by atoms with E-state index in [1.165, 1.54) is 64.2 Å². The molecular formula is C17H33N2+. The maximum absolute atomic E-state index is 9.61. The molecule has 0 saturated carbocycles. The summed E-state index contributed by atoms with van der Waals surface area (Å²) in [5, 5.41) is 9.61. The van der Waals surface area contributed by atoms with Gasteiger partial charge in [-0.15, -0.1) is 5.26 Å². The van der Waals surface area contributed by atoms with E-state index in [0.29, 0.717) is 0 Å². The van der Waals surface area contributed by atoms with Gasteiger partial charge in [0.15, 0.2) is 0 Å². The van der Waals surface area contributed by atoms with E-state index in [1.54, 1.807) is 0 Å². The minimum absolute atomic E-state index is 0.751. The van der Waals surface area contributed by atoms with Gasteiger partial charge in [-0.3, -0.25) is 0 Å². The molecule has 19 heavy (non-hydrogen) atoms. The first-order chi connectivity index (χ1) is 9.26. The molecule has 0 aromatic carbocycles. The Labute approximate surface area is 120 Å². The quantitative estimate of drug-likeness (QED) is 0.332. The first-order valence-corrected chi connectivity index (χ1v) is 8.53. The summed E-state index contributed by atoms with van der Waals surface area (Å²) in [5.41, 5.74) is 0. The predicted octanol–water partition coefficient (Wildman–Crippen LogP) is 4.85. The molecule has 2 heteroatoms. The fraction of sp³-hybridized carbons (Fsp3) is 0.941. The molecule has 1 fully saturated rings. The first-order valence-electron chi connectivity index (χ1n) is 8.53. The lowest BCUT2D eigenvalue weighted by Crippen LogP contribution is -2.51. The summed E-state index contributed by atoms with van der Waals surface area (Å²) in [5.74, 6) is 0.809. The average molecular weight is 265 g/mol. The molecule has 0 aromatic rings. The molecular weight excluding hydrogens is 232 g/mol. The fourth-order valence-corrected chi connectivity index (χ4v) is 3.45. The van der Waals surface area contributed by atoms with Crippen LogP contribution in [-0.4, -0.2) is 24.1 Å². The van der Waals surface area contributed by atoms with Crippen LogP contribution in [0.3, 0.4) is 0 Å². The van der Waals surface area contributed by atoms with Crippen molar-refractivity contribution in [3.8, 4) is 6.19 Å². The summed E-state index contributed by atoms with van der Waals surface area (Å²) in [4.78, 5) is 0. The molecule has 1 rings (SSSR count). The van der Waals surface area contributed by atoms with Crippen LogP contribution in [0.2, 0.25) is 0 Å². The van der Waals surface area contributed by atoms with Gasteiger partial charge in [-0.25, -0.2) is 4.48 Å². The number of rotatable bonds is 9. The minimum Gasteiger partial charge on any atom is -0.223 e. The Bertz CT molecular complexity index is 269. The Hall–Kier alpha value is -0.550. The molecule has 2 unspecified atom stereocenters. The maximum Gasteiger partial charge on any atom is 0.308 e. The van der Waals surface area contributed by atoms with Crippen LogP contribution < -0.4 is 0 Å². The third-order valence-electron chi connectivity index (χ3n) is 4.67. The van der Waals surface area contributed by atoms with Crippen LogP contribution in [0.15, 0.2) is 0 Å². The Kier molecular flexibility index (Phi) is 8.14. The first kappa shape index (κ1) is 16.5. The van der Waals surface area contributed by atoms with E-state index in [1.807, 2.05) is 0 Å². The molecule has 0 bridgehead atoms. The third-order valence-corrected chi connectivity index (χ3v) is 4.67. The largest absolute Gasteiger partial charge is 0.308 e. The van der Waals surface area contributed by atoms with E-state index in [9.17, 15) is 5.26 Å². The lowest BCUT2D eigenvalue weighted by atomic mass is 9.91. The highest BCUT2D eigenvalue weighted by atomic mass is 15.3. The van der Waals surface area contributed by atoms with Crippen LogP contribution in [-0.2, 0) is 0 Å². The summed E-state index contributed by atoms with van der Waals surface area (Å²) in [6, 6.07) is 0. The lowest BCUT2D eigenvalue weighted by molar-refractivity contribution is -0.875. The summed E-state index contributed by atoms with van der Waals surface area (Å²) >= 11 is 0. The molecule has 110 valence electrons. The topological polar surface area (TPSA) is 23.8 Å². The predicted molar refractivity (Wildman–Crippen MR) is 81.5 cm³/mol. The Balaban J connectivity index is 2.34. The lowest BCUT2D eigenvalue weighted by Gasteiger charge is -2.37. The summed E-state index contributed by atoms with van der Waals surface area (Å²) in [7, 11) is 0. The molecule has 2 atom stereocenters. The number of hydrogen-bond acceptors (Lipinski definition) is 1. The molecule has 0 spiro atoms. The van der Waals surface area contributed by atoms with Crippen molar-refractivity contribution in [3.63, 3.8) is 0 Å². The zero-order valence-corrected chi connectivity index (χ0v) is 13.2. The van der Waals surface area contributed by atoms with Crippen molar-refractivity contribution in [1.29, 1.82) is 5.26 Å². The molecule has 1 heterocycles. The van der Waals surface area contributed by atoms with Gasteiger partial charge in [0.05, 0.1) is 19.6 Å². The summed E-state index contributed by atoms with van der Waals surface area (Å²) in [6.07, 6.45) is 15.8. The van der Waals surface area contributed by atoms with Gasteiger partial charge in [-0.1, -0.05) is 46.0 Å². The van der Waals surface area contributed by atoms with Crippen LogP contribution in [0, 0.1) is 17.4 Å². The monoisotopic (exact) mass is 265 g/mol. The van der Waals surface area contributed by atoms with Crippen LogP contribution in [0.25, 0.3) is 0 Å². The Morgan fingerprint density at radius 2 is 1.79 bits per heavy atom. The van der Waals surface area contributed by atoms with E-state index in [-0.39, 0.29) is 0 Å². The van der Waals surface area contributed by atoms with Gasteiger partial charge in [-0.2, -0.15) is 0 Å². The molecule has 2 nitrogen and oxygen atoms in total. The zero-order chi connectivity index (χ0) is 14.0. The zero-order valence-electron chi connectivity index (χ0n) is 13.2. The van der Waals surface area contributed by atoms with E-state index < -0.39 is 0 Å². The van der Waals surface area contributed by atoms with Gasteiger partial charge in [0.1, 0.15) is 0 Å². The number of nitriles is 1. The molecule has 1 saturated heterocycles. The normalized spacial score (nSPS) is 27.1. The van der Waals surface area contributed by atoms with Crippen molar-refractivity contribution in [1.82, 2.24) is 0 Å². The number of hydrogen-bond donors (Lipinski definition) is 0. The number of quaternary nitrogens is 1. The highest BCUT2D eigenvalue weighted by Gasteiger charge is 2.34. The molecule has 0 amide bonds. The van der Waals surface area contributed by atoms with Crippen molar-refractivity contribution >= 4 is 0 Å². The highest BCUT2D eigenvalue weighted by Crippen LogP contribution is 2.27. The van der Waals surface area contributed by atoms with E-state index >= 15 is 0 Å². The van der Waals surface area contributed by atoms with Crippen LogP contribution >= 0.6 is 0 Å². The Morgan fingerprint density at radius 3 is 2.47 bits per heavy atom. The van der Waals surface area contributed by atoms with Crippen LogP contribution in [0.1, 0.15) is 78.1 Å².